The first-order chi connectivity index (χ1) is 8.15. The third-order valence-electron chi connectivity index (χ3n) is 2.14. The average Bonchev–Trinajstić information content (AvgIpc) is 2.70. The van der Waals surface area contributed by atoms with Crippen LogP contribution in [0.1, 0.15) is 5.56 Å². The molecule has 0 spiro atoms. The van der Waals surface area contributed by atoms with E-state index in [1.54, 1.807) is 18.2 Å². The van der Waals surface area contributed by atoms with Crippen LogP contribution in [0.25, 0.3) is 5.69 Å². The van der Waals surface area contributed by atoms with E-state index in [1.165, 1.54) is 16.9 Å². The number of rotatable bonds is 2. The zero-order valence-electron chi connectivity index (χ0n) is 8.37. The Labute approximate surface area is 104 Å². The summed E-state index contributed by atoms with van der Waals surface area (Å²) < 4.78 is 1.71. The molecule has 0 saturated carbocycles. The summed E-state index contributed by atoms with van der Waals surface area (Å²) in [7, 11) is 0. The van der Waals surface area contributed by atoms with Gasteiger partial charge in [-0.25, -0.2) is 4.68 Å². The summed E-state index contributed by atoms with van der Waals surface area (Å²) in [6.07, 6.45) is 1.35. The first kappa shape index (κ1) is 11.3. The van der Waals surface area contributed by atoms with Gasteiger partial charge in [0.25, 0.3) is 5.69 Å². The van der Waals surface area contributed by atoms with Crippen LogP contribution in [0.3, 0.4) is 0 Å². The predicted molar refractivity (Wildman–Crippen MR) is 62.6 cm³/mol. The van der Waals surface area contributed by atoms with E-state index in [0.717, 1.165) is 0 Å². The molecule has 1 aromatic carbocycles. The largest absolute Gasteiger partial charge is 0.294 e. The van der Waals surface area contributed by atoms with Crippen LogP contribution < -0.4 is 0 Å². The smallest absolute Gasteiger partial charge is 0.258 e. The van der Waals surface area contributed by atoms with Crippen molar-refractivity contribution in [3.8, 4) is 11.8 Å². The third kappa shape index (κ3) is 1.90. The second kappa shape index (κ2) is 4.35. The van der Waals surface area contributed by atoms with E-state index in [2.05, 4.69) is 21.0 Å². The van der Waals surface area contributed by atoms with E-state index in [9.17, 15) is 10.1 Å². The highest BCUT2D eigenvalue weighted by molar-refractivity contribution is 9.10. The van der Waals surface area contributed by atoms with Gasteiger partial charge in [-0.15, -0.1) is 0 Å². The van der Waals surface area contributed by atoms with Crippen molar-refractivity contribution in [1.29, 1.82) is 5.26 Å². The molecule has 0 atom stereocenters. The summed E-state index contributed by atoms with van der Waals surface area (Å²) in [5.74, 6) is 0. The molecule has 2 aromatic rings. The topological polar surface area (TPSA) is 84.8 Å². The van der Waals surface area contributed by atoms with Gasteiger partial charge in [0, 0.05) is 6.07 Å². The van der Waals surface area contributed by atoms with Crippen LogP contribution in [0.4, 0.5) is 5.69 Å². The number of nitro groups is 1. The van der Waals surface area contributed by atoms with Crippen molar-refractivity contribution in [1.82, 2.24) is 9.78 Å². The third-order valence-corrected chi connectivity index (χ3v) is 2.90. The molecule has 84 valence electrons. The van der Waals surface area contributed by atoms with Crippen molar-refractivity contribution >= 4 is 21.6 Å². The second-order valence-corrected chi connectivity index (χ2v) is 3.87. The number of nitriles is 1. The number of nitrogens with zero attached hydrogens (tertiary/aromatic N) is 4. The minimum Gasteiger partial charge on any atom is -0.258 e. The summed E-state index contributed by atoms with van der Waals surface area (Å²) in [4.78, 5) is 10.4. The van der Waals surface area contributed by atoms with Gasteiger partial charge in [0.2, 0.25) is 0 Å². The van der Waals surface area contributed by atoms with Crippen LogP contribution in [0.2, 0.25) is 0 Å². The molecule has 0 unspecified atom stereocenters. The monoisotopic (exact) mass is 292 g/mol. The van der Waals surface area contributed by atoms with E-state index in [-0.39, 0.29) is 5.69 Å². The lowest BCUT2D eigenvalue weighted by Gasteiger charge is -2.03. The molecule has 2 rings (SSSR count). The minimum atomic E-state index is -0.491. The first-order valence-electron chi connectivity index (χ1n) is 4.52. The average molecular weight is 293 g/mol. The standard InChI is InChI=1S/C10H5BrN4O2/c11-10-7(5-12)6-13-14(10)8-3-1-2-4-9(8)15(16)17/h1-4,6H. The normalized spacial score (nSPS) is 9.88. The number of hydrogen-bond donors (Lipinski definition) is 0. The van der Waals surface area contributed by atoms with Crippen molar-refractivity contribution in [2.45, 2.75) is 0 Å². The molecule has 17 heavy (non-hydrogen) atoms. The Hall–Kier alpha value is -2.20. The van der Waals surface area contributed by atoms with Gasteiger partial charge in [0.1, 0.15) is 21.9 Å². The molecule has 0 amide bonds. The minimum absolute atomic E-state index is 0.0687. The highest BCUT2D eigenvalue weighted by Crippen LogP contribution is 2.26. The highest BCUT2D eigenvalue weighted by atomic mass is 79.9. The van der Waals surface area contributed by atoms with Gasteiger partial charge < -0.3 is 0 Å². The fourth-order valence-electron chi connectivity index (χ4n) is 1.37. The lowest BCUT2D eigenvalue weighted by atomic mass is 10.3. The van der Waals surface area contributed by atoms with Crippen molar-refractivity contribution < 1.29 is 4.92 Å². The number of halogens is 1. The Morgan fingerprint density at radius 3 is 2.76 bits per heavy atom. The zero-order chi connectivity index (χ0) is 12.4. The van der Waals surface area contributed by atoms with Gasteiger partial charge in [-0.2, -0.15) is 10.4 Å². The molecular weight excluding hydrogens is 288 g/mol. The molecule has 1 heterocycles. The van der Waals surface area contributed by atoms with Crippen LogP contribution in [0, 0.1) is 21.4 Å². The summed E-state index contributed by atoms with van der Waals surface area (Å²) in [5, 5.41) is 23.6. The molecule has 1 aromatic heterocycles. The molecule has 0 saturated heterocycles. The Bertz CT molecular complexity index is 629. The van der Waals surface area contributed by atoms with Crippen molar-refractivity contribution in [3.63, 3.8) is 0 Å². The van der Waals surface area contributed by atoms with E-state index >= 15 is 0 Å². The predicted octanol–water partition coefficient (Wildman–Crippen LogP) is 2.41. The molecule has 0 aliphatic heterocycles. The van der Waals surface area contributed by atoms with Crippen LogP contribution in [-0.4, -0.2) is 14.7 Å². The van der Waals surface area contributed by atoms with Gasteiger partial charge in [-0.05, 0) is 22.0 Å². The Morgan fingerprint density at radius 1 is 1.47 bits per heavy atom. The van der Waals surface area contributed by atoms with E-state index in [0.29, 0.717) is 15.9 Å². The van der Waals surface area contributed by atoms with Gasteiger partial charge in [-0.3, -0.25) is 10.1 Å². The maximum absolute atomic E-state index is 10.9. The van der Waals surface area contributed by atoms with Crippen LogP contribution >= 0.6 is 15.9 Å². The molecule has 0 bridgehead atoms. The number of benzene rings is 1. The fraction of sp³-hybridized carbons (Fsp3) is 0. The van der Waals surface area contributed by atoms with Crippen LogP contribution in [-0.2, 0) is 0 Å². The Balaban J connectivity index is 2.65. The first-order valence-corrected chi connectivity index (χ1v) is 5.32. The van der Waals surface area contributed by atoms with E-state index in [1.807, 2.05) is 6.07 Å². The Morgan fingerprint density at radius 2 is 2.18 bits per heavy atom. The molecular formula is C10H5BrN4O2. The molecule has 0 aliphatic rings. The molecule has 6 nitrogen and oxygen atoms in total. The van der Waals surface area contributed by atoms with Gasteiger partial charge in [-0.1, -0.05) is 12.1 Å². The molecule has 7 heteroatoms. The highest BCUT2D eigenvalue weighted by Gasteiger charge is 2.18. The fourth-order valence-corrected chi connectivity index (χ4v) is 1.85. The van der Waals surface area contributed by atoms with Gasteiger partial charge >= 0.3 is 0 Å². The molecule has 0 aliphatic carbocycles. The number of hydrogen-bond acceptors (Lipinski definition) is 4. The van der Waals surface area contributed by atoms with Crippen LogP contribution in [0.15, 0.2) is 35.1 Å². The Kier molecular flexibility index (Phi) is 2.89. The van der Waals surface area contributed by atoms with Crippen molar-refractivity contribution in [3.05, 3.63) is 50.7 Å². The SMILES string of the molecule is N#Cc1cnn(-c2ccccc2[N+](=O)[O-])c1Br. The van der Waals surface area contributed by atoms with E-state index in [4.69, 9.17) is 5.26 Å². The van der Waals surface area contributed by atoms with Crippen molar-refractivity contribution in [2.75, 3.05) is 0 Å². The number of aromatic nitrogens is 2. The van der Waals surface area contributed by atoms with Gasteiger partial charge in [0.15, 0.2) is 0 Å². The quantitative estimate of drug-likeness (QED) is 0.628. The molecule has 0 radical (unpaired) electrons. The van der Waals surface area contributed by atoms with Gasteiger partial charge in [0.05, 0.1) is 11.1 Å². The summed E-state index contributed by atoms with van der Waals surface area (Å²) in [6, 6.07) is 8.13. The van der Waals surface area contributed by atoms with Crippen molar-refractivity contribution in [2.24, 2.45) is 0 Å². The lowest BCUT2D eigenvalue weighted by Crippen LogP contribution is -2.01. The summed E-state index contributed by atoms with van der Waals surface area (Å²) >= 11 is 3.19. The molecule has 0 fully saturated rings. The molecule has 0 N–H and O–H groups in total. The lowest BCUT2D eigenvalue weighted by molar-refractivity contribution is -0.384. The number of para-hydroxylation sites is 2. The second-order valence-electron chi connectivity index (χ2n) is 3.12. The maximum Gasteiger partial charge on any atom is 0.294 e. The van der Waals surface area contributed by atoms with E-state index < -0.39 is 4.92 Å². The maximum atomic E-state index is 10.9. The summed E-state index contributed by atoms with van der Waals surface area (Å²) in [5.41, 5.74) is 0.565. The number of nitro benzene ring substituents is 1. The zero-order valence-corrected chi connectivity index (χ0v) is 9.96. The summed E-state index contributed by atoms with van der Waals surface area (Å²) in [6.45, 7) is 0. The van der Waals surface area contributed by atoms with Crippen LogP contribution in [0.5, 0.6) is 0 Å².